The third-order valence-corrected chi connectivity index (χ3v) is 3.91. The van der Waals surface area contributed by atoms with Gasteiger partial charge in [-0.3, -0.25) is 0 Å². The third-order valence-electron chi connectivity index (χ3n) is 2.20. The summed E-state index contributed by atoms with van der Waals surface area (Å²) < 4.78 is 0. The Balaban J connectivity index is 1.69. The summed E-state index contributed by atoms with van der Waals surface area (Å²) in [6.45, 7) is 2.51. The van der Waals surface area contributed by atoms with E-state index in [0.717, 1.165) is 10.5 Å². The molecule has 2 fully saturated rings. The van der Waals surface area contributed by atoms with Gasteiger partial charge in [0, 0.05) is 10.5 Å². The van der Waals surface area contributed by atoms with Crippen molar-refractivity contribution in [3.8, 4) is 0 Å². The molecule has 1 N–H and O–H groups in total. The zero-order valence-electron chi connectivity index (χ0n) is 6.31. The molecule has 0 aromatic carbocycles. The van der Waals surface area contributed by atoms with Crippen LogP contribution in [0, 0.1) is 0 Å². The highest BCUT2D eigenvalue weighted by atomic mass is 32.2. The van der Waals surface area contributed by atoms with Crippen molar-refractivity contribution in [1.29, 1.82) is 0 Å². The van der Waals surface area contributed by atoms with Crippen molar-refractivity contribution in [2.75, 3.05) is 13.1 Å². The Bertz CT molecular complexity index is 106. The van der Waals surface area contributed by atoms with Crippen LogP contribution in [0.5, 0.6) is 0 Å². The highest BCUT2D eigenvalue weighted by molar-refractivity contribution is 8.00. The van der Waals surface area contributed by atoms with Gasteiger partial charge in [-0.25, -0.2) is 0 Å². The van der Waals surface area contributed by atoms with Crippen molar-refractivity contribution >= 4 is 11.8 Å². The summed E-state index contributed by atoms with van der Waals surface area (Å²) >= 11 is 2.25. The lowest BCUT2D eigenvalue weighted by atomic mass is 10.2. The zero-order chi connectivity index (χ0) is 6.81. The Hall–Kier alpha value is 0.310. The van der Waals surface area contributed by atoms with Gasteiger partial charge in [-0.15, -0.1) is 0 Å². The van der Waals surface area contributed by atoms with Crippen LogP contribution in [-0.4, -0.2) is 23.6 Å². The molecule has 1 aliphatic carbocycles. The van der Waals surface area contributed by atoms with E-state index in [-0.39, 0.29) is 0 Å². The maximum absolute atomic E-state index is 3.40. The summed E-state index contributed by atoms with van der Waals surface area (Å²) in [6, 6.07) is 0. The molecule has 0 aromatic rings. The molecule has 0 bridgehead atoms. The van der Waals surface area contributed by atoms with E-state index in [4.69, 9.17) is 0 Å². The number of piperidine rings is 1. The molecule has 1 aliphatic heterocycles. The molecule has 1 nitrogen and oxygen atoms in total. The molecule has 1 saturated carbocycles. The summed E-state index contributed by atoms with van der Waals surface area (Å²) in [5.41, 5.74) is 0. The molecular formula is C8H15NS. The summed E-state index contributed by atoms with van der Waals surface area (Å²) in [5.74, 6) is 0. The first-order valence-electron chi connectivity index (χ1n) is 4.31. The van der Waals surface area contributed by atoms with E-state index in [1.165, 1.54) is 38.8 Å². The van der Waals surface area contributed by atoms with Gasteiger partial charge in [-0.1, -0.05) is 0 Å². The summed E-state index contributed by atoms with van der Waals surface area (Å²) in [4.78, 5) is 0. The molecule has 2 rings (SSSR count). The number of thioether (sulfide) groups is 1. The number of hydrogen-bond donors (Lipinski definition) is 1. The van der Waals surface area contributed by atoms with Gasteiger partial charge >= 0.3 is 0 Å². The van der Waals surface area contributed by atoms with E-state index in [9.17, 15) is 0 Å². The van der Waals surface area contributed by atoms with Gasteiger partial charge in [-0.05, 0) is 38.8 Å². The largest absolute Gasteiger partial charge is 0.317 e. The number of nitrogens with one attached hydrogen (secondary N) is 1. The molecule has 2 heteroatoms. The molecular weight excluding hydrogens is 142 g/mol. The standard InChI is InChI=1S/C8H15NS/c1-2-7(1)10-8-3-5-9-6-4-8/h7-9H,1-6H2. The lowest BCUT2D eigenvalue weighted by molar-refractivity contribution is 0.531. The van der Waals surface area contributed by atoms with Crippen LogP contribution in [0.3, 0.4) is 0 Å². The van der Waals surface area contributed by atoms with E-state index in [1.54, 1.807) is 0 Å². The van der Waals surface area contributed by atoms with E-state index >= 15 is 0 Å². The minimum absolute atomic E-state index is 0.994. The first-order chi connectivity index (χ1) is 4.95. The van der Waals surface area contributed by atoms with Crippen LogP contribution in [0.4, 0.5) is 0 Å². The van der Waals surface area contributed by atoms with Crippen LogP contribution in [-0.2, 0) is 0 Å². The Kier molecular flexibility index (Phi) is 2.19. The van der Waals surface area contributed by atoms with Gasteiger partial charge in [0.2, 0.25) is 0 Å². The van der Waals surface area contributed by atoms with Gasteiger partial charge in [0.05, 0.1) is 0 Å². The fourth-order valence-electron chi connectivity index (χ4n) is 1.41. The first-order valence-corrected chi connectivity index (χ1v) is 5.25. The van der Waals surface area contributed by atoms with Crippen molar-refractivity contribution in [1.82, 2.24) is 5.32 Å². The van der Waals surface area contributed by atoms with Crippen LogP contribution in [0.1, 0.15) is 25.7 Å². The molecule has 0 radical (unpaired) electrons. The van der Waals surface area contributed by atoms with Crippen molar-refractivity contribution in [3.63, 3.8) is 0 Å². The average Bonchev–Trinajstić information content (AvgIpc) is 2.74. The third kappa shape index (κ3) is 1.89. The fraction of sp³-hybridized carbons (Fsp3) is 1.00. The monoisotopic (exact) mass is 157 g/mol. The van der Waals surface area contributed by atoms with Gasteiger partial charge in [0.15, 0.2) is 0 Å². The summed E-state index contributed by atoms with van der Waals surface area (Å²) in [6.07, 6.45) is 5.80. The second-order valence-corrected chi connectivity index (χ2v) is 4.89. The van der Waals surface area contributed by atoms with Gasteiger partial charge in [0.1, 0.15) is 0 Å². The Morgan fingerprint density at radius 2 is 1.50 bits per heavy atom. The van der Waals surface area contributed by atoms with Crippen molar-refractivity contribution in [3.05, 3.63) is 0 Å². The molecule has 0 aromatic heterocycles. The van der Waals surface area contributed by atoms with E-state index in [0.29, 0.717) is 0 Å². The molecule has 1 saturated heterocycles. The smallest absolute Gasteiger partial charge is 0.00739 e. The minimum Gasteiger partial charge on any atom is -0.317 e. The molecule has 10 heavy (non-hydrogen) atoms. The van der Waals surface area contributed by atoms with Crippen molar-refractivity contribution in [2.24, 2.45) is 0 Å². The fourth-order valence-corrected chi connectivity index (χ4v) is 2.87. The Labute approximate surface area is 67.0 Å². The molecule has 0 atom stereocenters. The van der Waals surface area contributed by atoms with Crippen LogP contribution >= 0.6 is 11.8 Å². The zero-order valence-corrected chi connectivity index (χ0v) is 7.12. The molecule has 0 unspecified atom stereocenters. The number of hydrogen-bond acceptors (Lipinski definition) is 2. The van der Waals surface area contributed by atoms with Crippen LogP contribution in [0.15, 0.2) is 0 Å². The lowest BCUT2D eigenvalue weighted by Gasteiger charge is -2.21. The predicted octanol–water partition coefficient (Wildman–Crippen LogP) is 1.63. The van der Waals surface area contributed by atoms with Crippen LogP contribution in [0.2, 0.25) is 0 Å². The topological polar surface area (TPSA) is 12.0 Å². The highest BCUT2D eigenvalue weighted by Gasteiger charge is 2.26. The van der Waals surface area contributed by atoms with Gasteiger partial charge in [0.25, 0.3) is 0 Å². The highest BCUT2D eigenvalue weighted by Crippen LogP contribution is 2.39. The summed E-state index contributed by atoms with van der Waals surface area (Å²) in [7, 11) is 0. The molecule has 1 heterocycles. The molecule has 0 amide bonds. The number of rotatable bonds is 2. The van der Waals surface area contributed by atoms with Crippen LogP contribution < -0.4 is 5.32 Å². The maximum atomic E-state index is 3.40. The molecule has 58 valence electrons. The Morgan fingerprint density at radius 1 is 0.900 bits per heavy atom. The quantitative estimate of drug-likeness (QED) is 0.654. The summed E-state index contributed by atoms with van der Waals surface area (Å²) in [5, 5.41) is 5.45. The lowest BCUT2D eigenvalue weighted by Crippen LogP contribution is -2.29. The Morgan fingerprint density at radius 3 is 2.10 bits per heavy atom. The normalized spacial score (nSPS) is 28.8. The van der Waals surface area contributed by atoms with E-state index < -0.39 is 0 Å². The minimum atomic E-state index is 0.994. The second-order valence-electron chi connectivity index (χ2n) is 3.28. The molecule has 2 aliphatic rings. The van der Waals surface area contributed by atoms with Crippen molar-refractivity contribution < 1.29 is 0 Å². The SMILES string of the molecule is C1CC(SC2CC2)CCN1. The molecule has 0 spiro atoms. The average molecular weight is 157 g/mol. The van der Waals surface area contributed by atoms with E-state index in [1.807, 2.05) is 0 Å². The first kappa shape index (κ1) is 6.99. The van der Waals surface area contributed by atoms with Gasteiger partial charge in [-0.2, -0.15) is 11.8 Å². The van der Waals surface area contributed by atoms with E-state index in [2.05, 4.69) is 17.1 Å². The van der Waals surface area contributed by atoms with Gasteiger partial charge < -0.3 is 5.32 Å². The predicted molar refractivity (Wildman–Crippen MR) is 46.5 cm³/mol. The second kappa shape index (κ2) is 3.14. The van der Waals surface area contributed by atoms with Crippen LogP contribution in [0.25, 0.3) is 0 Å². The van der Waals surface area contributed by atoms with Crippen molar-refractivity contribution in [2.45, 2.75) is 36.2 Å². The maximum Gasteiger partial charge on any atom is 0.00739 e.